The van der Waals surface area contributed by atoms with E-state index in [2.05, 4.69) is 46.5 Å². The molecule has 2 nitrogen and oxygen atoms in total. The highest BCUT2D eigenvalue weighted by Crippen LogP contribution is 2.30. The Balaban J connectivity index is 2.03. The van der Waals surface area contributed by atoms with Crippen LogP contribution in [0.4, 0.5) is 0 Å². The summed E-state index contributed by atoms with van der Waals surface area (Å²) >= 11 is 6.69. The van der Waals surface area contributed by atoms with E-state index in [4.69, 9.17) is 0 Å². The van der Waals surface area contributed by atoms with Gasteiger partial charge in [0.25, 0.3) is 5.91 Å². The SMILES string of the molecule is CC(C)(CBr)CNC(=O)c1cc2sccc2s1. The second-order valence-corrected chi connectivity index (χ2v) is 7.33. The second-order valence-electron chi connectivity index (χ2n) is 4.74. The molecular weight excluding hydrogens is 318 g/mol. The highest BCUT2D eigenvalue weighted by Gasteiger charge is 2.18. The molecule has 0 aliphatic heterocycles. The number of carbonyl (C=O) groups excluding carboxylic acids is 1. The summed E-state index contributed by atoms with van der Waals surface area (Å²) < 4.78 is 2.39. The largest absolute Gasteiger partial charge is 0.351 e. The van der Waals surface area contributed by atoms with Crippen molar-refractivity contribution >= 4 is 53.9 Å². The van der Waals surface area contributed by atoms with Gasteiger partial charge in [-0.2, -0.15) is 0 Å². The Morgan fingerprint density at radius 3 is 2.88 bits per heavy atom. The molecule has 0 spiro atoms. The Morgan fingerprint density at radius 1 is 1.47 bits per heavy atom. The van der Waals surface area contributed by atoms with Crippen molar-refractivity contribution in [2.45, 2.75) is 13.8 Å². The van der Waals surface area contributed by atoms with E-state index < -0.39 is 0 Å². The van der Waals surface area contributed by atoms with Crippen LogP contribution >= 0.6 is 38.6 Å². The number of hydrogen-bond acceptors (Lipinski definition) is 3. The highest BCUT2D eigenvalue weighted by atomic mass is 79.9. The predicted molar refractivity (Wildman–Crippen MR) is 79.6 cm³/mol. The summed E-state index contributed by atoms with van der Waals surface area (Å²) in [6, 6.07) is 4.03. The number of carbonyl (C=O) groups is 1. The lowest BCUT2D eigenvalue weighted by molar-refractivity contribution is 0.0944. The minimum Gasteiger partial charge on any atom is -0.351 e. The van der Waals surface area contributed by atoms with Crippen LogP contribution in [0.15, 0.2) is 17.5 Å². The first-order chi connectivity index (χ1) is 8.02. The Bertz CT molecular complexity index is 501. The molecule has 2 aromatic rings. The first-order valence-electron chi connectivity index (χ1n) is 5.33. The fourth-order valence-electron chi connectivity index (χ4n) is 1.33. The maximum atomic E-state index is 12.0. The average Bonchev–Trinajstić information content (AvgIpc) is 2.86. The Kier molecular flexibility index (Phi) is 3.90. The molecule has 92 valence electrons. The molecule has 17 heavy (non-hydrogen) atoms. The van der Waals surface area contributed by atoms with Crippen LogP contribution < -0.4 is 5.32 Å². The maximum Gasteiger partial charge on any atom is 0.261 e. The van der Waals surface area contributed by atoms with E-state index in [0.717, 1.165) is 10.2 Å². The van der Waals surface area contributed by atoms with Crippen LogP contribution in [0.25, 0.3) is 9.40 Å². The molecule has 0 bridgehead atoms. The van der Waals surface area contributed by atoms with Crippen molar-refractivity contribution < 1.29 is 4.79 Å². The van der Waals surface area contributed by atoms with Crippen molar-refractivity contribution in [2.75, 3.05) is 11.9 Å². The third-order valence-corrected chi connectivity index (χ3v) is 6.06. The van der Waals surface area contributed by atoms with Gasteiger partial charge in [0, 0.05) is 21.3 Å². The molecule has 0 aromatic carbocycles. The molecular formula is C12H14BrNOS2. The van der Waals surface area contributed by atoms with Crippen LogP contribution in [-0.4, -0.2) is 17.8 Å². The summed E-state index contributed by atoms with van der Waals surface area (Å²) in [7, 11) is 0. The maximum absolute atomic E-state index is 12.0. The lowest BCUT2D eigenvalue weighted by Crippen LogP contribution is -2.34. The summed E-state index contributed by atoms with van der Waals surface area (Å²) in [5.41, 5.74) is 0.0876. The summed E-state index contributed by atoms with van der Waals surface area (Å²) in [5, 5.41) is 5.91. The van der Waals surface area contributed by atoms with Gasteiger partial charge in [-0.3, -0.25) is 4.79 Å². The van der Waals surface area contributed by atoms with E-state index >= 15 is 0 Å². The topological polar surface area (TPSA) is 29.1 Å². The molecule has 1 amide bonds. The molecule has 0 aliphatic carbocycles. The molecule has 0 unspecified atom stereocenters. The minimum atomic E-state index is 0.0347. The summed E-state index contributed by atoms with van der Waals surface area (Å²) in [5.74, 6) is 0.0347. The van der Waals surface area contributed by atoms with Gasteiger partial charge in [0.2, 0.25) is 0 Å². The first kappa shape index (κ1) is 13.1. The smallest absolute Gasteiger partial charge is 0.261 e. The van der Waals surface area contributed by atoms with E-state index in [9.17, 15) is 4.79 Å². The van der Waals surface area contributed by atoms with Crippen LogP contribution in [0.2, 0.25) is 0 Å². The van der Waals surface area contributed by atoms with Gasteiger partial charge in [-0.25, -0.2) is 0 Å². The van der Waals surface area contributed by atoms with Gasteiger partial charge in [0.05, 0.1) is 4.88 Å². The first-order valence-corrected chi connectivity index (χ1v) is 8.15. The van der Waals surface area contributed by atoms with Crippen molar-refractivity contribution in [1.29, 1.82) is 0 Å². The summed E-state index contributed by atoms with van der Waals surface area (Å²) in [4.78, 5) is 12.8. The zero-order chi connectivity index (χ0) is 12.5. The Hall–Kier alpha value is -0.390. The lowest BCUT2D eigenvalue weighted by Gasteiger charge is -2.21. The molecule has 0 saturated heterocycles. The van der Waals surface area contributed by atoms with E-state index in [0.29, 0.717) is 6.54 Å². The molecule has 0 fully saturated rings. The van der Waals surface area contributed by atoms with Crippen LogP contribution in [-0.2, 0) is 0 Å². The fraction of sp³-hybridized carbons (Fsp3) is 0.417. The third kappa shape index (κ3) is 3.09. The number of alkyl halides is 1. The van der Waals surface area contributed by atoms with Crippen molar-refractivity contribution in [2.24, 2.45) is 5.41 Å². The Labute approximate surface area is 117 Å². The number of rotatable bonds is 4. The Morgan fingerprint density at radius 2 is 2.24 bits per heavy atom. The molecule has 2 rings (SSSR count). The molecule has 0 radical (unpaired) electrons. The number of amides is 1. The van der Waals surface area contributed by atoms with Gasteiger partial charge in [0.15, 0.2) is 0 Å². The third-order valence-electron chi connectivity index (χ3n) is 2.45. The summed E-state index contributed by atoms with van der Waals surface area (Å²) in [6.07, 6.45) is 0. The zero-order valence-corrected chi connectivity index (χ0v) is 13.0. The molecule has 2 aromatic heterocycles. The number of hydrogen-bond donors (Lipinski definition) is 1. The second kappa shape index (κ2) is 5.08. The molecule has 1 N–H and O–H groups in total. The molecule has 0 saturated carbocycles. The van der Waals surface area contributed by atoms with Crippen molar-refractivity contribution in [3.05, 3.63) is 22.4 Å². The molecule has 5 heteroatoms. The fourth-order valence-corrected chi connectivity index (χ4v) is 3.55. The van der Waals surface area contributed by atoms with Gasteiger partial charge >= 0.3 is 0 Å². The van der Waals surface area contributed by atoms with E-state index in [1.165, 1.54) is 9.40 Å². The average molecular weight is 332 g/mol. The van der Waals surface area contributed by atoms with Crippen LogP contribution in [0, 0.1) is 5.41 Å². The number of halogens is 1. The van der Waals surface area contributed by atoms with E-state index in [-0.39, 0.29) is 11.3 Å². The van der Waals surface area contributed by atoms with Crippen molar-refractivity contribution in [3.8, 4) is 0 Å². The quantitative estimate of drug-likeness (QED) is 0.839. The zero-order valence-electron chi connectivity index (χ0n) is 9.75. The van der Waals surface area contributed by atoms with Crippen molar-refractivity contribution in [1.82, 2.24) is 5.32 Å². The number of fused-ring (bicyclic) bond motifs is 1. The lowest BCUT2D eigenvalue weighted by atomic mass is 9.97. The summed E-state index contributed by atoms with van der Waals surface area (Å²) in [6.45, 7) is 4.92. The van der Waals surface area contributed by atoms with Gasteiger partial charge in [-0.1, -0.05) is 29.8 Å². The predicted octanol–water partition coefficient (Wildman–Crippen LogP) is 4.11. The van der Waals surface area contributed by atoms with Crippen LogP contribution in [0.3, 0.4) is 0 Å². The minimum absolute atomic E-state index is 0.0347. The van der Waals surface area contributed by atoms with Crippen LogP contribution in [0.5, 0.6) is 0 Å². The highest BCUT2D eigenvalue weighted by molar-refractivity contribution is 9.09. The van der Waals surface area contributed by atoms with Gasteiger partial charge < -0.3 is 5.32 Å². The standard InChI is InChI=1S/C12H14BrNOS2/c1-12(2,6-13)7-14-11(15)10-5-9-8(17-10)3-4-16-9/h3-5H,6-7H2,1-2H3,(H,14,15). The van der Waals surface area contributed by atoms with E-state index in [1.54, 1.807) is 22.7 Å². The molecule has 0 aliphatic rings. The molecule has 0 atom stereocenters. The number of thiophene rings is 2. The van der Waals surface area contributed by atoms with Gasteiger partial charge in [-0.15, -0.1) is 22.7 Å². The van der Waals surface area contributed by atoms with E-state index in [1.807, 2.05) is 6.07 Å². The van der Waals surface area contributed by atoms with Crippen molar-refractivity contribution in [3.63, 3.8) is 0 Å². The van der Waals surface area contributed by atoms with Gasteiger partial charge in [-0.05, 0) is 22.9 Å². The monoisotopic (exact) mass is 331 g/mol. The normalized spacial score (nSPS) is 11.9. The van der Waals surface area contributed by atoms with Gasteiger partial charge in [0.1, 0.15) is 0 Å². The molecule has 2 heterocycles. The number of nitrogens with one attached hydrogen (secondary N) is 1. The van der Waals surface area contributed by atoms with Crippen LogP contribution in [0.1, 0.15) is 23.5 Å².